The zero-order chi connectivity index (χ0) is 13.4. The molecule has 0 fully saturated rings. The highest BCUT2D eigenvalue weighted by Gasteiger charge is 2.29. The van der Waals surface area contributed by atoms with Crippen LogP contribution in [0.3, 0.4) is 0 Å². The van der Waals surface area contributed by atoms with Gasteiger partial charge in [-0.05, 0) is 18.2 Å². The molecule has 0 aliphatic carbocycles. The Kier molecular flexibility index (Phi) is 2.63. The summed E-state index contributed by atoms with van der Waals surface area (Å²) in [6, 6.07) is 11.1. The van der Waals surface area contributed by atoms with Gasteiger partial charge in [-0.2, -0.15) is 0 Å². The lowest BCUT2D eigenvalue weighted by Crippen LogP contribution is -2.25. The standard InChI is InChI=1S/C15H12O4/c16-11-4-1-9(2-5-11)15-13(18)7-10-3-6-12(17)8-14(10)19-15/h1-6,8,15-17H,7H2. The summed E-state index contributed by atoms with van der Waals surface area (Å²) >= 11 is 0. The third-order valence-corrected chi connectivity index (χ3v) is 3.15. The van der Waals surface area contributed by atoms with Crippen molar-refractivity contribution >= 4 is 5.78 Å². The number of phenolic OH excluding ortho intramolecular Hbond substituents is 2. The number of benzene rings is 2. The predicted octanol–water partition coefficient (Wildman–Crippen LogP) is 2.34. The van der Waals surface area contributed by atoms with Crippen molar-refractivity contribution in [3.05, 3.63) is 53.6 Å². The molecular formula is C15H12O4. The van der Waals surface area contributed by atoms with E-state index >= 15 is 0 Å². The van der Waals surface area contributed by atoms with Gasteiger partial charge < -0.3 is 14.9 Å². The predicted molar refractivity (Wildman–Crippen MR) is 68.3 cm³/mol. The van der Waals surface area contributed by atoms with E-state index in [1.807, 2.05) is 0 Å². The average molecular weight is 256 g/mol. The van der Waals surface area contributed by atoms with Gasteiger partial charge >= 0.3 is 0 Å². The summed E-state index contributed by atoms with van der Waals surface area (Å²) in [6.45, 7) is 0. The summed E-state index contributed by atoms with van der Waals surface area (Å²) in [7, 11) is 0. The van der Waals surface area contributed by atoms with Crippen LogP contribution in [0.15, 0.2) is 42.5 Å². The van der Waals surface area contributed by atoms with Gasteiger partial charge in [-0.3, -0.25) is 4.79 Å². The van der Waals surface area contributed by atoms with E-state index in [0.717, 1.165) is 5.56 Å². The summed E-state index contributed by atoms with van der Waals surface area (Å²) in [5.74, 6) is 0.740. The summed E-state index contributed by atoms with van der Waals surface area (Å²) in [5, 5.41) is 18.7. The number of ketones is 1. The van der Waals surface area contributed by atoms with Crippen molar-refractivity contribution < 1.29 is 19.7 Å². The molecule has 0 bridgehead atoms. The van der Waals surface area contributed by atoms with Crippen LogP contribution in [0.1, 0.15) is 17.2 Å². The molecule has 0 aromatic heterocycles. The first-order valence-corrected chi connectivity index (χ1v) is 5.94. The molecule has 0 radical (unpaired) electrons. The second-order valence-electron chi connectivity index (χ2n) is 4.52. The SMILES string of the molecule is O=C1Cc2ccc(O)cc2OC1c1ccc(O)cc1. The van der Waals surface area contributed by atoms with E-state index in [2.05, 4.69) is 0 Å². The Labute approximate surface area is 109 Å². The number of hydrogen-bond acceptors (Lipinski definition) is 4. The monoisotopic (exact) mass is 256 g/mol. The smallest absolute Gasteiger partial charge is 0.182 e. The number of rotatable bonds is 1. The van der Waals surface area contributed by atoms with Crippen LogP contribution >= 0.6 is 0 Å². The Bertz CT molecular complexity index is 631. The molecule has 96 valence electrons. The van der Waals surface area contributed by atoms with Crippen molar-refractivity contribution in [2.45, 2.75) is 12.5 Å². The highest BCUT2D eigenvalue weighted by molar-refractivity contribution is 5.88. The first-order valence-electron chi connectivity index (χ1n) is 5.94. The summed E-state index contributed by atoms with van der Waals surface area (Å²) in [6.07, 6.45) is -0.406. The molecule has 4 nitrogen and oxygen atoms in total. The van der Waals surface area contributed by atoms with Gasteiger partial charge in [0.2, 0.25) is 0 Å². The molecule has 0 amide bonds. The molecule has 2 N–H and O–H groups in total. The van der Waals surface area contributed by atoms with Gasteiger partial charge in [0, 0.05) is 23.6 Å². The number of ether oxygens (including phenoxy) is 1. The normalized spacial score (nSPS) is 17.7. The lowest BCUT2D eigenvalue weighted by molar-refractivity contribution is -0.126. The zero-order valence-electron chi connectivity index (χ0n) is 10.0. The molecule has 0 saturated heterocycles. The third-order valence-electron chi connectivity index (χ3n) is 3.15. The van der Waals surface area contributed by atoms with Gasteiger partial charge in [0.1, 0.15) is 17.2 Å². The zero-order valence-corrected chi connectivity index (χ0v) is 10.0. The fourth-order valence-corrected chi connectivity index (χ4v) is 2.18. The Hall–Kier alpha value is -2.49. The lowest BCUT2D eigenvalue weighted by atomic mass is 9.96. The van der Waals surface area contributed by atoms with Crippen molar-refractivity contribution in [2.24, 2.45) is 0 Å². The van der Waals surface area contributed by atoms with E-state index in [-0.39, 0.29) is 23.7 Å². The Morgan fingerprint density at radius 2 is 1.68 bits per heavy atom. The van der Waals surface area contributed by atoms with Crippen LogP contribution in [-0.4, -0.2) is 16.0 Å². The number of carbonyl (C=O) groups is 1. The topological polar surface area (TPSA) is 66.8 Å². The first-order chi connectivity index (χ1) is 9.13. The lowest BCUT2D eigenvalue weighted by Gasteiger charge is -2.25. The van der Waals surface area contributed by atoms with Crippen LogP contribution in [0.5, 0.6) is 17.2 Å². The minimum absolute atomic E-state index is 0.0381. The summed E-state index contributed by atoms with van der Waals surface area (Å²) < 4.78 is 5.66. The molecule has 4 heteroatoms. The maximum Gasteiger partial charge on any atom is 0.182 e. The molecule has 1 unspecified atom stereocenters. The quantitative estimate of drug-likeness (QED) is 0.821. The number of fused-ring (bicyclic) bond motifs is 1. The van der Waals surface area contributed by atoms with E-state index in [4.69, 9.17) is 4.74 Å². The fraction of sp³-hybridized carbons (Fsp3) is 0.133. The summed E-state index contributed by atoms with van der Waals surface area (Å²) in [5.41, 5.74) is 1.47. The molecule has 1 aliphatic rings. The molecule has 0 spiro atoms. The van der Waals surface area contributed by atoms with Gasteiger partial charge in [-0.15, -0.1) is 0 Å². The first kappa shape index (κ1) is 11.6. The van der Waals surface area contributed by atoms with Crippen LogP contribution in [0.4, 0.5) is 0 Å². The highest BCUT2D eigenvalue weighted by atomic mass is 16.5. The van der Waals surface area contributed by atoms with Crippen LogP contribution in [0.25, 0.3) is 0 Å². The Morgan fingerprint density at radius 1 is 1.00 bits per heavy atom. The Balaban J connectivity index is 1.96. The minimum Gasteiger partial charge on any atom is -0.508 e. The Morgan fingerprint density at radius 3 is 2.42 bits per heavy atom. The second kappa shape index (κ2) is 4.31. The number of Topliss-reactive ketones (excluding diaryl/α,β-unsaturated/α-hetero) is 1. The summed E-state index contributed by atoms with van der Waals surface area (Å²) in [4.78, 5) is 12.1. The number of aromatic hydroxyl groups is 2. The van der Waals surface area contributed by atoms with Crippen molar-refractivity contribution in [3.8, 4) is 17.2 Å². The van der Waals surface area contributed by atoms with Crippen LogP contribution in [0, 0.1) is 0 Å². The van der Waals surface area contributed by atoms with Crippen molar-refractivity contribution in [2.75, 3.05) is 0 Å². The van der Waals surface area contributed by atoms with E-state index < -0.39 is 6.10 Å². The largest absolute Gasteiger partial charge is 0.508 e. The molecule has 2 aromatic carbocycles. The molecule has 2 aromatic rings. The molecule has 1 heterocycles. The average Bonchev–Trinajstić information content (AvgIpc) is 2.40. The third kappa shape index (κ3) is 2.12. The van der Waals surface area contributed by atoms with Gasteiger partial charge in [0.05, 0.1) is 0 Å². The van der Waals surface area contributed by atoms with Gasteiger partial charge in [0.15, 0.2) is 11.9 Å². The molecular weight excluding hydrogens is 244 g/mol. The van der Waals surface area contributed by atoms with Crippen molar-refractivity contribution in [1.29, 1.82) is 0 Å². The number of hydrogen-bond donors (Lipinski definition) is 2. The maximum atomic E-state index is 12.1. The molecule has 19 heavy (non-hydrogen) atoms. The fourth-order valence-electron chi connectivity index (χ4n) is 2.18. The van der Waals surface area contributed by atoms with Crippen molar-refractivity contribution in [3.63, 3.8) is 0 Å². The van der Waals surface area contributed by atoms with Crippen LogP contribution < -0.4 is 4.74 Å². The van der Waals surface area contributed by atoms with Gasteiger partial charge in [-0.25, -0.2) is 0 Å². The van der Waals surface area contributed by atoms with Crippen LogP contribution in [0.2, 0.25) is 0 Å². The van der Waals surface area contributed by atoms with E-state index in [0.29, 0.717) is 11.3 Å². The van der Waals surface area contributed by atoms with Crippen LogP contribution in [-0.2, 0) is 11.2 Å². The number of carbonyl (C=O) groups excluding carboxylic acids is 1. The molecule has 1 aliphatic heterocycles. The van der Waals surface area contributed by atoms with Crippen molar-refractivity contribution in [1.82, 2.24) is 0 Å². The minimum atomic E-state index is -0.685. The second-order valence-corrected chi connectivity index (χ2v) is 4.52. The van der Waals surface area contributed by atoms with Gasteiger partial charge in [0.25, 0.3) is 0 Å². The molecule has 0 saturated carbocycles. The van der Waals surface area contributed by atoms with Gasteiger partial charge in [-0.1, -0.05) is 18.2 Å². The van der Waals surface area contributed by atoms with E-state index in [9.17, 15) is 15.0 Å². The van der Waals surface area contributed by atoms with E-state index in [1.165, 1.54) is 24.3 Å². The maximum absolute atomic E-state index is 12.1. The molecule has 3 rings (SSSR count). The number of phenols is 2. The highest BCUT2D eigenvalue weighted by Crippen LogP contribution is 2.35. The molecule has 1 atom stereocenters. The van der Waals surface area contributed by atoms with E-state index in [1.54, 1.807) is 18.2 Å².